The third-order valence-corrected chi connectivity index (χ3v) is 6.74. The van der Waals surface area contributed by atoms with Gasteiger partial charge in [0.1, 0.15) is 23.5 Å². The average molecular weight is 510 g/mol. The van der Waals surface area contributed by atoms with E-state index < -0.39 is 11.3 Å². The number of β-amino-alcohol motifs (C(OH)–C–C–N with tert-alkyl or cyclic N) is 1. The van der Waals surface area contributed by atoms with Crippen LogP contribution in [0.3, 0.4) is 0 Å². The van der Waals surface area contributed by atoms with Gasteiger partial charge in [0.25, 0.3) is 0 Å². The summed E-state index contributed by atoms with van der Waals surface area (Å²) < 4.78 is 42.1. The maximum absolute atomic E-state index is 12.7. The van der Waals surface area contributed by atoms with Crippen molar-refractivity contribution in [2.75, 3.05) is 36.8 Å². The molecule has 3 N–H and O–H groups in total. The first-order valence-electron chi connectivity index (χ1n) is 12.0. The van der Waals surface area contributed by atoms with Crippen molar-refractivity contribution in [3.8, 4) is 5.75 Å². The number of aliphatic hydroxyl groups excluding tert-OH is 1. The lowest BCUT2D eigenvalue weighted by atomic mass is 9.81. The van der Waals surface area contributed by atoms with E-state index in [0.717, 1.165) is 51.5 Å². The first-order chi connectivity index (χ1) is 17.2. The van der Waals surface area contributed by atoms with Gasteiger partial charge in [-0.2, -0.15) is 0 Å². The predicted octanol–water partition coefficient (Wildman–Crippen LogP) is 4.40. The maximum atomic E-state index is 12.7. The molecule has 0 spiro atoms. The van der Waals surface area contributed by atoms with E-state index in [9.17, 15) is 28.4 Å². The maximum Gasteiger partial charge on any atom is 0.573 e. The normalized spacial score (nSPS) is 21.0. The van der Waals surface area contributed by atoms with E-state index in [-0.39, 0.29) is 29.6 Å². The summed E-state index contributed by atoms with van der Waals surface area (Å²) in [5.41, 5.74) is 0.425. The van der Waals surface area contributed by atoms with Gasteiger partial charge in [-0.1, -0.05) is 18.2 Å². The number of para-hydroxylation sites is 1. The van der Waals surface area contributed by atoms with E-state index in [4.69, 9.17) is 0 Å². The van der Waals surface area contributed by atoms with Crippen LogP contribution in [-0.4, -0.2) is 58.6 Å². The van der Waals surface area contributed by atoms with Crippen molar-refractivity contribution in [2.24, 2.45) is 11.8 Å². The molecule has 9 nitrogen and oxygen atoms in total. The molecule has 36 heavy (non-hydrogen) atoms. The molecule has 12 heteroatoms. The Morgan fingerprint density at radius 2 is 1.83 bits per heavy atom. The summed E-state index contributed by atoms with van der Waals surface area (Å²) in [4.78, 5) is 17.3. The number of benzene rings is 1. The number of halogens is 3. The molecule has 2 aromatic rings. The number of aromatic nitrogens is 1. The van der Waals surface area contributed by atoms with Crippen LogP contribution >= 0.6 is 0 Å². The van der Waals surface area contributed by atoms with Gasteiger partial charge in [0.15, 0.2) is 0 Å². The molecule has 0 atom stereocenters. The minimum Gasteiger partial charge on any atom is -0.405 e. The summed E-state index contributed by atoms with van der Waals surface area (Å²) in [7, 11) is 0. The van der Waals surface area contributed by atoms with E-state index in [2.05, 4.69) is 25.3 Å². The molecule has 2 heterocycles. The lowest BCUT2D eigenvalue weighted by Gasteiger charge is -2.40. The quantitative estimate of drug-likeness (QED) is 0.319. The monoisotopic (exact) mass is 509 g/mol. The number of hydrogen-bond acceptors (Lipinski definition) is 8. The van der Waals surface area contributed by atoms with Crippen molar-refractivity contribution in [3.63, 3.8) is 0 Å². The second-order valence-corrected chi connectivity index (χ2v) is 9.49. The lowest BCUT2D eigenvalue weighted by Crippen LogP contribution is -2.52. The fraction of sp³-hybridized carbons (Fsp3) is 0.542. The topological polar surface area (TPSA) is 113 Å². The number of alkyl halides is 3. The standard InChI is InChI=1S/C24H30F3N5O4/c25-24(26,27)36-22-4-2-1-3-18(22)11-29-23-9-20(21(12-30-23)32(34)35)28-10-16-5-7-17(8-6-16)13-31-14-19(33)15-31/h1-4,9,12,16-17,19,33H,5-8,10-11,13-15H2,(H2,28,29,30). The Balaban J connectivity index is 1.33. The number of hydrogen-bond donors (Lipinski definition) is 3. The van der Waals surface area contributed by atoms with Crippen LogP contribution in [0.4, 0.5) is 30.4 Å². The van der Waals surface area contributed by atoms with Crippen LogP contribution in [0.1, 0.15) is 31.2 Å². The molecule has 2 aliphatic rings. The Morgan fingerprint density at radius 3 is 2.50 bits per heavy atom. The number of nitrogens with one attached hydrogen (secondary N) is 2. The van der Waals surface area contributed by atoms with Gasteiger partial charge < -0.3 is 20.5 Å². The van der Waals surface area contributed by atoms with Gasteiger partial charge in [0.2, 0.25) is 0 Å². The second-order valence-electron chi connectivity index (χ2n) is 9.49. The summed E-state index contributed by atoms with van der Waals surface area (Å²) in [6, 6.07) is 7.27. The number of rotatable bonds is 10. The van der Waals surface area contributed by atoms with Crippen molar-refractivity contribution < 1.29 is 27.9 Å². The Labute approximate surface area is 206 Å². The Morgan fingerprint density at radius 1 is 1.14 bits per heavy atom. The molecular formula is C24H30F3N5O4. The zero-order chi connectivity index (χ0) is 25.7. The van der Waals surface area contributed by atoms with Crippen LogP contribution in [0, 0.1) is 22.0 Å². The van der Waals surface area contributed by atoms with Gasteiger partial charge in [-0.3, -0.25) is 15.0 Å². The van der Waals surface area contributed by atoms with Crippen molar-refractivity contribution in [1.82, 2.24) is 9.88 Å². The average Bonchev–Trinajstić information content (AvgIpc) is 2.81. The molecule has 1 saturated heterocycles. The summed E-state index contributed by atoms with van der Waals surface area (Å²) in [6.45, 7) is 3.10. The van der Waals surface area contributed by atoms with Gasteiger partial charge in [0, 0.05) is 44.4 Å². The van der Waals surface area contributed by atoms with Crippen molar-refractivity contribution in [1.29, 1.82) is 0 Å². The highest BCUT2D eigenvalue weighted by molar-refractivity contribution is 5.65. The third-order valence-electron chi connectivity index (χ3n) is 6.74. The first-order valence-corrected chi connectivity index (χ1v) is 12.0. The minimum absolute atomic E-state index is 0.00539. The molecule has 1 aromatic carbocycles. The van der Waals surface area contributed by atoms with E-state index >= 15 is 0 Å². The van der Waals surface area contributed by atoms with E-state index in [0.29, 0.717) is 29.9 Å². The number of likely N-dealkylation sites (tertiary alicyclic amines) is 1. The largest absolute Gasteiger partial charge is 0.573 e. The second kappa shape index (κ2) is 11.3. The molecule has 0 radical (unpaired) electrons. The SMILES string of the molecule is O=[N+]([O-])c1cnc(NCc2ccccc2OC(F)(F)F)cc1NCC1CCC(CN2CC(O)C2)CC1. The zero-order valence-corrected chi connectivity index (χ0v) is 19.7. The highest BCUT2D eigenvalue weighted by Crippen LogP contribution is 2.33. The van der Waals surface area contributed by atoms with Crippen LogP contribution in [0.15, 0.2) is 36.5 Å². The Hall–Kier alpha value is -3.12. The van der Waals surface area contributed by atoms with Crippen LogP contribution in [0.25, 0.3) is 0 Å². The molecule has 196 valence electrons. The number of anilines is 2. The minimum atomic E-state index is -4.81. The molecule has 1 aliphatic carbocycles. The zero-order valence-electron chi connectivity index (χ0n) is 19.7. The molecule has 0 amide bonds. The van der Waals surface area contributed by atoms with E-state index in [1.807, 2.05) is 0 Å². The fourth-order valence-corrected chi connectivity index (χ4v) is 4.82. The van der Waals surface area contributed by atoms with Crippen LogP contribution in [-0.2, 0) is 6.54 Å². The van der Waals surface area contributed by atoms with E-state index in [1.165, 1.54) is 24.3 Å². The summed E-state index contributed by atoms with van der Waals surface area (Å²) in [5, 5.41) is 27.1. The molecule has 2 fully saturated rings. The number of ether oxygens (including phenoxy) is 1. The molecule has 1 saturated carbocycles. The molecule has 1 aliphatic heterocycles. The van der Waals surface area contributed by atoms with Crippen molar-refractivity contribution in [2.45, 2.75) is 44.7 Å². The van der Waals surface area contributed by atoms with Gasteiger partial charge in [-0.25, -0.2) is 4.98 Å². The Kier molecular flexibility index (Phi) is 8.14. The van der Waals surface area contributed by atoms with E-state index in [1.54, 1.807) is 6.07 Å². The molecule has 1 aromatic heterocycles. The number of nitro groups is 1. The van der Waals surface area contributed by atoms with Crippen molar-refractivity contribution >= 4 is 17.2 Å². The molecule has 0 bridgehead atoms. The summed E-state index contributed by atoms with van der Waals surface area (Å²) in [6.07, 6.45) is 0.357. The van der Waals surface area contributed by atoms with Gasteiger partial charge in [-0.15, -0.1) is 13.2 Å². The summed E-state index contributed by atoms with van der Waals surface area (Å²) >= 11 is 0. The lowest BCUT2D eigenvalue weighted by molar-refractivity contribution is -0.384. The highest BCUT2D eigenvalue weighted by Gasteiger charge is 2.32. The third kappa shape index (κ3) is 7.20. The van der Waals surface area contributed by atoms with Gasteiger partial charge in [0.05, 0.1) is 11.0 Å². The Bertz CT molecular complexity index is 1040. The number of nitrogens with zero attached hydrogens (tertiary/aromatic N) is 3. The molecule has 4 rings (SSSR count). The highest BCUT2D eigenvalue weighted by atomic mass is 19.4. The molecular weight excluding hydrogens is 479 g/mol. The number of pyridine rings is 1. The van der Waals surface area contributed by atoms with Crippen LogP contribution in [0.2, 0.25) is 0 Å². The van der Waals surface area contributed by atoms with Crippen LogP contribution < -0.4 is 15.4 Å². The van der Waals surface area contributed by atoms with Gasteiger partial charge >= 0.3 is 12.0 Å². The van der Waals surface area contributed by atoms with Crippen LogP contribution in [0.5, 0.6) is 5.75 Å². The predicted molar refractivity (Wildman–Crippen MR) is 128 cm³/mol. The smallest absolute Gasteiger partial charge is 0.405 e. The van der Waals surface area contributed by atoms with Crippen molar-refractivity contribution in [3.05, 3.63) is 52.2 Å². The first kappa shape index (κ1) is 26.0. The number of aliphatic hydroxyl groups is 1. The summed E-state index contributed by atoms with van der Waals surface area (Å²) in [5.74, 6) is 0.979. The molecule has 0 unspecified atom stereocenters. The van der Waals surface area contributed by atoms with Gasteiger partial charge in [-0.05, 0) is 43.6 Å². The fourth-order valence-electron chi connectivity index (χ4n) is 4.82.